The maximum absolute atomic E-state index is 11.4. The minimum atomic E-state index is -1.00. The van der Waals surface area contributed by atoms with Crippen molar-refractivity contribution in [3.63, 3.8) is 0 Å². The number of nitrogens with two attached hydrogens (primary N) is 1. The summed E-state index contributed by atoms with van der Waals surface area (Å²) in [4.78, 5) is 32.4. The predicted octanol–water partition coefficient (Wildman–Crippen LogP) is -1.72. The highest BCUT2D eigenvalue weighted by Crippen LogP contribution is 2.14. The first kappa shape index (κ1) is 10.9. The molecule has 0 fully saturated rings. The average Bonchev–Trinajstić information content (AvgIpc) is 2.19. The van der Waals surface area contributed by atoms with E-state index in [1.165, 1.54) is 7.05 Å². The van der Waals surface area contributed by atoms with E-state index in [-0.39, 0.29) is 5.82 Å². The number of nitrogen functional groups attached to an aromatic ring is 1. The lowest BCUT2D eigenvalue weighted by atomic mass is 10.4. The Morgan fingerprint density at radius 2 is 1.87 bits per heavy atom. The smallest absolute Gasteiger partial charge is 0.304 e. The Morgan fingerprint density at radius 1 is 1.33 bits per heavy atom. The van der Waals surface area contributed by atoms with Gasteiger partial charge in [-0.3, -0.25) is 24.0 Å². The Kier molecular flexibility index (Phi) is 2.57. The normalized spacial score (nSPS) is 10.1. The third kappa shape index (κ3) is 1.48. The zero-order valence-corrected chi connectivity index (χ0v) is 8.05. The van der Waals surface area contributed by atoms with Gasteiger partial charge in [0, 0.05) is 14.1 Å². The van der Waals surface area contributed by atoms with Gasteiger partial charge in [0.1, 0.15) is 0 Å². The SMILES string of the molecule is Cn1c(NN)c([N+](=O)[O-])c(=O)n(C)c1=O. The van der Waals surface area contributed by atoms with Crippen LogP contribution in [0.2, 0.25) is 0 Å². The Bertz CT molecular complexity index is 528. The summed E-state index contributed by atoms with van der Waals surface area (Å²) in [7, 11) is 2.42. The number of aromatic nitrogens is 2. The monoisotopic (exact) mass is 215 g/mol. The Morgan fingerprint density at radius 3 is 2.27 bits per heavy atom. The molecule has 1 aromatic rings. The highest BCUT2D eigenvalue weighted by atomic mass is 16.6. The highest BCUT2D eigenvalue weighted by molar-refractivity contribution is 5.53. The molecule has 15 heavy (non-hydrogen) atoms. The van der Waals surface area contributed by atoms with Crippen molar-refractivity contribution >= 4 is 11.5 Å². The second-order valence-electron chi connectivity index (χ2n) is 2.80. The molecular weight excluding hydrogens is 206 g/mol. The molecule has 0 amide bonds. The van der Waals surface area contributed by atoms with Crippen LogP contribution in [0.15, 0.2) is 9.59 Å². The molecule has 82 valence electrons. The van der Waals surface area contributed by atoms with Crippen LogP contribution in [0.5, 0.6) is 0 Å². The van der Waals surface area contributed by atoms with Crippen LogP contribution < -0.4 is 22.5 Å². The minimum Gasteiger partial charge on any atom is -0.304 e. The van der Waals surface area contributed by atoms with E-state index < -0.39 is 21.9 Å². The maximum Gasteiger partial charge on any atom is 0.375 e. The lowest BCUT2D eigenvalue weighted by Crippen LogP contribution is -2.40. The number of nitro groups is 1. The summed E-state index contributed by atoms with van der Waals surface area (Å²) in [6.45, 7) is 0. The molecule has 0 bridgehead atoms. The van der Waals surface area contributed by atoms with Crippen molar-refractivity contribution in [3.05, 3.63) is 31.0 Å². The quantitative estimate of drug-likeness (QED) is 0.343. The molecule has 0 saturated carbocycles. The van der Waals surface area contributed by atoms with E-state index in [4.69, 9.17) is 5.84 Å². The van der Waals surface area contributed by atoms with Crippen LogP contribution in [0.25, 0.3) is 0 Å². The molecule has 0 spiro atoms. The Balaban J connectivity index is 3.87. The number of rotatable bonds is 2. The molecule has 1 aromatic heterocycles. The zero-order chi connectivity index (χ0) is 11.7. The molecule has 0 saturated heterocycles. The van der Waals surface area contributed by atoms with Gasteiger partial charge in [0.15, 0.2) is 0 Å². The topological polar surface area (TPSA) is 125 Å². The molecular formula is C6H9N5O4. The van der Waals surface area contributed by atoms with Crippen molar-refractivity contribution in [2.24, 2.45) is 19.9 Å². The van der Waals surface area contributed by atoms with Crippen LogP contribution in [-0.2, 0) is 14.1 Å². The summed E-state index contributed by atoms with van der Waals surface area (Å²) < 4.78 is 1.53. The molecule has 3 N–H and O–H groups in total. The van der Waals surface area contributed by atoms with Crippen LogP contribution in [0.1, 0.15) is 0 Å². The number of hydrogen-bond acceptors (Lipinski definition) is 6. The fraction of sp³-hybridized carbons (Fsp3) is 0.333. The van der Waals surface area contributed by atoms with Crippen molar-refractivity contribution in [2.75, 3.05) is 5.43 Å². The largest absolute Gasteiger partial charge is 0.375 e. The van der Waals surface area contributed by atoms with E-state index in [1.54, 1.807) is 0 Å². The fourth-order valence-electron chi connectivity index (χ4n) is 1.16. The second-order valence-corrected chi connectivity index (χ2v) is 2.80. The average molecular weight is 215 g/mol. The summed E-state index contributed by atoms with van der Waals surface area (Å²) >= 11 is 0. The van der Waals surface area contributed by atoms with Crippen molar-refractivity contribution in [1.29, 1.82) is 0 Å². The van der Waals surface area contributed by atoms with Crippen molar-refractivity contribution in [3.8, 4) is 0 Å². The lowest BCUT2D eigenvalue weighted by Gasteiger charge is -2.08. The van der Waals surface area contributed by atoms with Crippen molar-refractivity contribution in [2.45, 2.75) is 0 Å². The minimum absolute atomic E-state index is 0.326. The van der Waals surface area contributed by atoms with Gasteiger partial charge < -0.3 is 5.43 Å². The molecule has 9 heteroatoms. The van der Waals surface area contributed by atoms with Crippen LogP contribution in [0, 0.1) is 10.1 Å². The highest BCUT2D eigenvalue weighted by Gasteiger charge is 2.24. The number of anilines is 1. The Hall–Kier alpha value is -2.16. The first-order chi connectivity index (χ1) is 6.91. The van der Waals surface area contributed by atoms with E-state index in [1.807, 2.05) is 5.43 Å². The van der Waals surface area contributed by atoms with Crippen LogP contribution in [0.4, 0.5) is 11.5 Å². The van der Waals surface area contributed by atoms with E-state index in [9.17, 15) is 19.7 Å². The van der Waals surface area contributed by atoms with Gasteiger partial charge in [-0.2, -0.15) is 0 Å². The molecule has 0 atom stereocenters. The summed E-state index contributed by atoms with van der Waals surface area (Å²) in [5.74, 6) is 4.69. The number of hydrogen-bond donors (Lipinski definition) is 2. The van der Waals surface area contributed by atoms with Crippen LogP contribution in [-0.4, -0.2) is 14.1 Å². The first-order valence-electron chi connectivity index (χ1n) is 3.82. The molecule has 1 rings (SSSR count). The fourth-order valence-corrected chi connectivity index (χ4v) is 1.16. The van der Waals surface area contributed by atoms with Gasteiger partial charge in [0.25, 0.3) is 0 Å². The second kappa shape index (κ2) is 3.53. The molecule has 0 unspecified atom stereocenters. The zero-order valence-electron chi connectivity index (χ0n) is 8.05. The standard InChI is InChI=1S/C6H9N5O4/c1-9-4(8-7)3(11(14)15)5(12)10(2)6(9)13/h8H,7H2,1-2H3. The molecule has 0 radical (unpaired) electrons. The molecule has 0 aliphatic heterocycles. The molecule has 0 aliphatic rings. The van der Waals surface area contributed by atoms with E-state index in [0.29, 0.717) is 4.57 Å². The van der Waals surface area contributed by atoms with Gasteiger partial charge in [-0.1, -0.05) is 0 Å². The third-order valence-electron chi connectivity index (χ3n) is 1.96. The lowest BCUT2D eigenvalue weighted by molar-refractivity contribution is -0.386. The third-order valence-corrected chi connectivity index (χ3v) is 1.96. The van der Waals surface area contributed by atoms with Gasteiger partial charge in [0.05, 0.1) is 4.92 Å². The number of nitrogens with zero attached hydrogens (tertiary/aromatic N) is 3. The van der Waals surface area contributed by atoms with Gasteiger partial charge in [0.2, 0.25) is 5.82 Å². The maximum atomic E-state index is 11.4. The predicted molar refractivity (Wildman–Crippen MR) is 51.4 cm³/mol. The van der Waals surface area contributed by atoms with E-state index >= 15 is 0 Å². The van der Waals surface area contributed by atoms with Gasteiger partial charge in [-0.25, -0.2) is 10.6 Å². The molecule has 0 aliphatic carbocycles. The summed E-state index contributed by atoms with van der Waals surface area (Å²) in [6.07, 6.45) is 0. The summed E-state index contributed by atoms with van der Waals surface area (Å²) in [5, 5.41) is 10.6. The van der Waals surface area contributed by atoms with Gasteiger partial charge in [-0.15, -0.1) is 0 Å². The van der Waals surface area contributed by atoms with Crippen LogP contribution in [0.3, 0.4) is 0 Å². The van der Waals surface area contributed by atoms with Gasteiger partial charge in [-0.05, 0) is 0 Å². The number of nitrogens with one attached hydrogen (secondary N) is 1. The molecule has 1 heterocycles. The molecule has 9 nitrogen and oxygen atoms in total. The van der Waals surface area contributed by atoms with Crippen LogP contribution >= 0.6 is 0 Å². The van der Waals surface area contributed by atoms with Crippen molar-refractivity contribution < 1.29 is 4.92 Å². The van der Waals surface area contributed by atoms with Gasteiger partial charge >= 0.3 is 16.9 Å². The summed E-state index contributed by atoms with van der Waals surface area (Å²) in [5.41, 5.74) is -0.499. The number of hydrazine groups is 1. The Labute approximate surface area is 82.9 Å². The summed E-state index contributed by atoms with van der Waals surface area (Å²) in [6, 6.07) is 0. The van der Waals surface area contributed by atoms with Crippen molar-refractivity contribution in [1.82, 2.24) is 9.13 Å². The first-order valence-corrected chi connectivity index (χ1v) is 3.82. The molecule has 0 aromatic carbocycles. The van der Waals surface area contributed by atoms with E-state index in [2.05, 4.69) is 0 Å². The van der Waals surface area contributed by atoms with E-state index in [0.717, 1.165) is 11.6 Å².